The van der Waals surface area contributed by atoms with E-state index in [0.29, 0.717) is 17.9 Å². The predicted octanol–water partition coefficient (Wildman–Crippen LogP) is 7.09. The molecule has 0 bridgehead atoms. The Hall–Kier alpha value is -2.64. The first-order chi connectivity index (χ1) is 14.7. The molecule has 2 aromatic carbocycles. The molecular formula is C23H25F5O3. The number of halogens is 5. The van der Waals surface area contributed by atoms with Crippen molar-refractivity contribution in [1.82, 2.24) is 0 Å². The van der Waals surface area contributed by atoms with Gasteiger partial charge in [0.15, 0.2) is 17.7 Å². The van der Waals surface area contributed by atoms with Gasteiger partial charge in [0, 0.05) is 5.56 Å². The summed E-state index contributed by atoms with van der Waals surface area (Å²) >= 11 is 0. The molecule has 0 fully saturated rings. The van der Waals surface area contributed by atoms with Crippen LogP contribution in [0.2, 0.25) is 0 Å². The number of ether oxygens (including phenoxy) is 2. The van der Waals surface area contributed by atoms with Crippen LogP contribution < -0.4 is 4.74 Å². The molecule has 0 heterocycles. The summed E-state index contributed by atoms with van der Waals surface area (Å²) in [7, 11) is 0. The molecule has 170 valence electrons. The van der Waals surface area contributed by atoms with E-state index in [1.54, 1.807) is 12.1 Å². The van der Waals surface area contributed by atoms with Crippen LogP contribution in [0.4, 0.5) is 22.0 Å². The molecule has 3 nitrogen and oxygen atoms in total. The highest BCUT2D eigenvalue weighted by Crippen LogP contribution is 2.30. The first-order valence-corrected chi connectivity index (χ1v) is 10.2. The van der Waals surface area contributed by atoms with Gasteiger partial charge in [-0.25, -0.2) is 13.6 Å². The smallest absolute Gasteiger partial charge is 0.425 e. The Morgan fingerprint density at radius 1 is 0.935 bits per heavy atom. The predicted molar refractivity (Wildman–Crippen MR) is 107 cm³/mol. The van der Waals surface area contributed by atoms with Gasteiger partial charge in [-0.1, -0.05) is 51.3 Å². The summed E-state index contributed by atoms with van der Waals surface area (Å²) in [6, 6.07) is 8.34. The van der Waals surface area contributed by atoms with Crippen LogP contribution in [0.1, 0.15) is 56.3 Å². The zero-order valence-corrected chi connectivity index (χ0v) is 17.4. The molecule has 0 spiro atoms. The molecule has 1 unspecified atom stereocenters. The minimum atomic E-state index is -4.79. The minimum absolute atomic E-state index is 0.133. The van der Waals surface area contributed by atoms with E-state index in [-0.39, 0.29) is 5.56 Å². The summed E-state index contributed by atoms with van der Waals surface area (Å²) < 4.78 is 77.2. The summed E-state index contributed by atoms with van der Waals surface area (Å²) in [6.07, 6.45) is -3.49. The third-order valence-electron chi connectivity index (χ3n) is 4.72. The lowest BCUT2D eigenvalue weighted by Gasteiger charge is -2.19. The molecule has 0 aliphatic carbocycles. The van der Waals surface area contributed by atoms with Gasteiger partial charge in [-0.2, -0.15) is 13.2 Å². The summed E-state index contributed by atoms with van der Waals surface area (Å²) in [4.78, 5) is 11.9. The van der Waals surface area contributed by atoms with E-state index in [2.05, 4.69) is 11.7 Å². The fourth-order valence-corrected chi connectivity index (χ4v) is 2.95. The van der Waals surface area contributed by atoms with Crippen LogP contribution in [0.3, 0.4) is 0 Å². The van der Waals surface area contributed by atoms with E-state index in [0.717, 1.165) is 37.8 Å². The van der Waals surface area contributed by atoms with Crippen LogP contribution in [-0.2, 0) is 4.74 Å². The van der Waals surface area contributed by atoms with Crippen molar-refractivity contribution in [2.75, 3.05) is 6.61 Å². The first kappa shape index (κ1) is 24.6. The molecule has 0 amide bonds. The number of hydrogen-bond acceptors (Lipinski definition) is 3. The zero-order valence-electron chi connectivity index (χ0n) is 17.4. The molecule has 0 saturated carbocycles. The standard InChI is InChI=1S/C23H25F5O3/c1-3-5-6-7-14-30-16-10-8-15(9-11-16)17-12-13-18(21(25)20(17)24)22(29)31-19(4-2)23(26,27)28/h8-13,19H,3-7,14H2,1-2H3. The van der Waals surface area contributed by atoms with Gasteiger partial charge < -0.3 is 9.47 Å². The SMILES string of the molecule is CCCCCCOc1ccc(-c2ccc(C(=O)OC(CC)C(F)(F)F)c(F)c2F)cc1. The minimum Gasteiger partial charge on any atom is -0.494 e. The molecule has 0 N–H and O–H groups in total. The van der Waals surface area contributed by atoms with Gasteiger partial charge in [-0.05, 0) is 36.6 Å². The maximum Gasteiger partial charge on any atom is 0.425 e. The molecule has 0 radical (unpaired) electrons. The molecule has 0 aromatic heterocycles. The maximum absolute atomic E-state index is 14.5. The number of carbonyl (C=O) groups is 1. The average molecular weight is 444 g/mol. The second-order valence-corrected chi connectivity index (χ2v) is 7.07. The lowest BCUT2D eigenvalue weighted by molar-refractivity contribution is -0.204. The molecule has 1 atom stereocenters. The third-order valence-corrected chi connectivity index (χ3v) is 4.72. The Morgan fingerprint density at radius 2 is 1.61 bits per heavy atom. The van der Waals surface area contributed by atoms with Crippen molar-refractivity contribution in [2.45, 2.75) is 58.2 Å². The molecule has 2 aromatic rings. The highest BCUT2D eigenvalue weighted by Gasteiger charge is 2.42. The summed E-state index contributed by atoms with van der Waals surface area (Å²) in [5.74, 6) is -3.89. The van der Waals surface area contributed by atoms with Gasteiger partial charge in [-0.15, -0.1) is 0 Å². The zero-order chi connectivity index (χ0) is 23.0. The van der Waals surface area contributed by atoms with Gasteiger partial charge >= 0.3 is 12.1 Å². The molecule has 31 heavy (non-hydrogen) atoms. The number of carbonyl (C=O) groups excluding carboxylic acids is 1. The lowest BCUT2D eigenvalue weighted by atomic mass is 10.0. The van der Waals surface area contributed by atoms with Crippen LogP contribution in [0, 0.1) is 11.6 Å². The van der Waals surface area contributed by atoms with Crippen molar-refractivity contribution in [3.8, 4) is 16.9 Å². The monoisotopic (exact) mass is 444 g/mol. The Morgan fingerprint density at radius 3 is 2.19 bits per heavy atom. The van der Waals surface area contributed by atoms with Crippen molar-refractivity contribution < 1.29 is 36.2 Å². The summed E-state index contributed by atoms with van der Waals surface area (Å²) in [5.41, 5.74) is -0.696. The highest BCUT2D eigenvalue weighted by atomic mass is 19.4. The summed E-state index contributed by atoms with van der Waals surface area (Å²) in [6.45, 7) is 3.83. The van der Waals surface area contributed by atoms with Gasteiger partial charge in [0.05, 0.1) is 12.2 Å². The second kappa shape index (κ2) is 11.1. The highest BCUT2D eigenvalue weighted by molar-refractivity contribution is 5.90. The van der Waals surface area contributed by atoms with Crippen LogP contribution in [-0.4, -0.2) is 24.9 Å². The fourth-order valence-electron chi connectivity index (χ4n) is 2.95. The Labute approximate surface area is 178 Å². The van der Waals surface area contributed by atoms with Crippen LogP contribution in [0.25, 0.3) is 11.1 Å². The quantitative estimate of drug-likeness (QED) is 0.223. The van der Waals surface area contributed by atoms with Gasteiger partial charge in [-0.3, -0.25) is 0 Å². The van der Waals surface area contributed by atoms with Gasteiger partial charge in [0.25, 0.3) is 0 Å². The van der Waals surface area contributed by atoms with Crippen LogP contribution in [0.15, 0.2) is 36.4 Å². The number of alkyl halides is 3. The molecule has 0 aliphatic rings. The molecule has 2 rings (SSSR count). The van der Waals surface area contributed by atoms with Crippen molar-refractivity contribution in [2.24, 2.45) is 0 Å². The normalized spacial score (nSPS) is 12.5. The van der Waals surface area contributed by atoms with Crippen LogP contribution in [0.5, 0.6) is 5.75 Å². The molecular weight excluding hydrogens is 419 g/mol. The second-order valence-electron chi connectivity index (χ2n) is 7.07. The number of hydrogen-bond donors (Lipinski definition) is 0. The van der Waals surface area contributed by atoms with Gasteiger partial charge in [0.1, 0.15) is 5.75 Å². The average Bonchev–Trinajstić information content (AvgIpc) is 2.73. The largest absolute Gasteiger partial charge is 0.494 e. The van der Waals surface area contributed by atoms with Crippen molar-refractivity contribution in [3.63, 3.8) is 0 Å². The topological polar surface area (TPSA) is 35.5 Å². The van der Waals surface area contributed by atoms with Gasteiger partial charge in [0.2, 0.25) is 0 Å². The summed E-state index contributed by atoms with van der Waals surface area (Å²) in [5, 5.41) is 0. The molecule has 0 aliphatic heterocycles. The van der Waals surface area contributed by atoms with E-state index >= 15 is 0 Å². The third kappa shape index (κ3) is 6.67. The van der Waals surface area contributed by atoms with E-state index < -0.39 is 41.9 Å². The number of rotatable bonds is 10. The number of benzene rings is 2. The Bertz CT molecular complexity index is 863. The van der Waals surface area contributed by atoms with E-state index in [1.807, 2.05) is 0 Å². The van der Waals surface area contributed by atoms with Crippen molar-refractivity contribution in [3.05, 3.63) is 53.6 Å². The number of esters is 1. The first-order valence-electron chi connectivity index (χ1n) is 10.2. The molecule has 8 heteroatoms. The molecule has 0 saturated heterocycles. The fraction of sp³-hybridized carbons (Fsp3) is 0.435. The lowest BCUT2D eigenvalue weighted by Crippen LogP contribution is -2.33. The van der Waals surface area contributed by atoms with Crippen LogP contribution >= 0.6 is 0 Å². The van der Waals surface area contributed by atoms with Crippen molar-refractivity contribution in [1.29, 1.82) is 0 Å². The Kier molecular flexibility index (Phi) is 8.83. The van der Waals surface area contributed by atoms with Crippen molar-refractivity contribution >= 4 is 5.97 Å². The van der Waals surface area contributed by atoms with E-state index in [4.69, 9.17) is 4.74 Å². The Balaban J connectivity index is 2.12. The maximum atomic E-state index is 14.5. The number of unbranched alkanes of at least 4 members (excludes halogenated alkanes) is 3. The van der Waals surface area contributed by atoms with E-state index in [1.165, 1.54) is 19.1 Å². The van der Waals surface area contributed by atoms with E-state index in [9.17, 15) is 26.7 Å².